The maximum absolute atomic E-state index is 5.58. The van der Waals surface area contributed by atoms with Crippen molar-refractivity contribution < 1.29 is 0 Å². The van der Waals surface area contributed by atoms with Gasteiger partial charge >= 0.3 is 0 Å². The maximum atomic E-state index is 5.58. The van der Waals surface area contributed by atoms with E-state index in [-0.39, 0.29) is 0 Å². The van der Waals surface area contributed by atoms with Gasteiger partial charge in [0.05, 0.1) is 11.2 Å². The van der Waals surface area contributed by atoms with E-state index in [0.29, 0.717) is 4.77 Å². The van der Waals surface area contributed by atoms with Crippen molar-refractivity contribution >= 4 is 23.1 Å². The van der Waals surface area contributed by atoms with Crippen LogP contribution < -0.4 is 0 Å². The fraction of sp³-hybridized carbons (Fsp3) is 0.238. The Morgan fingerprint density at radius 2 is 1.92 bits per heavy atom. The Morgan fingerprint density at radius 3 is 2.73 bits per heavy atom. The van der Waals surface area contributed by atoms with Crippen molar-refractivity contribution in [3.8, 4) is 17.1 Å². The van der Waals surface area contributed by atoms with Gasteiger partial charge in [-0.05, 0) is 49.3 Å². The summed E-state index contributed by atoms with van der Waals surface area (Å²) in [6, 6.07) is 16.8. The molecule has 0 atom stereocenters. The number of hydrogen-bond acceptors (Lipinski definition) is 2. The van der Waals surface area contributed by atoms with E-state index < -0.39 is 0 Å². The van der Waals surface area contributed by atoms with Crippen LogP contribution in [0.4, 0.5) is 0 Å². The molecule has 0 saturated heterocycles. The van der Waals surface area contributed by atoms with Gasteiger partial charge in [0.2, 0.25) is 0 Å². The van der Waals surface area contributed by atoms with E-state index in [2.05, 4.69) is 71.2 Å². The average Bonchev–Trinajstić information content (AvgIpc) is 3.24. The molecule has 4 rings (SSSR count). The fourth-order valence-corrected chi connectivity index (χ4v) is 3.68. The van der Waals surface area contributed by atoms with Crippen molar-refractivity contribution in [1.29, 1.82) is 0 Å². The van der Waals surface area contributed by atoms with Crippen molar-refractivity contribution in [2.75, 3.05) is 0 Å². The molecular weight excluding hydrogens is 340 g/mol. The van der Waals surface area contributed by atoms with Crippen molar-refractivity contribution in [2.24, 2.45) is 0 Å². The molecule has 0 radical (unpaired) electrons. The predicted octanol–water partition coefficient (Wildman–Crippen LogP) is 5.66. The van der Waals surface area contributed by atoms with Gasteiger partial charge in [-0.1, -0.05) is 43.7 Å². The Bertz CT molecular complexity index is 1120. The molecule has 2 aromatic carbocycles. The van der Waals surface area contributed by atoms with E-state index in [0.717, 1.165) is 23.6 Å². The molecule has 0 aliphatic carbocycles. The van der Waals surface area contributed by atoms with Gasteiger partial charge in [0.15, 0.2) is 10.6 Å². The van der Waals surface area contributed by atoms with E-state index >= 15 is 0 Å². The van der Waals surface area contributed by atoms with Gasteiger partial charge in [0.25, 0.3) is 0 Å². The normalized spacial score (nSPS) is 11.3. The first-order chi connectivity index (χ1) is 12.7. The molecule has 0 aliphatic heterocycles. The van der Waals surface area contributed by atoms with Gasteiger partial charge in [-0.15, -0.1) is 0 Å². The summed E-state index contributed by atoms with van der Waals surface area (Å²) in [7, 11) is 0. The maximum Gasteiger partial charge on any atom is 0.200 e. The first-order valence-electron chi connectivity index (χ1n) is 9.02. The molecule has 4 nitrogen and oxygen atoms in total. The Balaban J connectivity index is 1.92. The third kappa shape index (κ3) is 2.78. The lowest BCUT2D eigenvalue weighted by Crippen LogP contribution is -2.00. The number of H-pyrrole nitrogens is 1. The molecule has 2 aromatic heterocycles. The third-order valence-corrected chi connectivity index (χ3v) is 5.12. The van der Waals surface area contributed by atoms with Gasteiger partial charge < -0.3 is 4.57 Å². The highest BCUT2D eigenvalue weighted by molar-refractivity contribution is 7.71. The van der Waals surface area contributed by atoms with Gasteiger partial charge in [0.1, 0.15) is 0 Å². The van der Waals surface area contributed by atoms with Crippen LogP contribution in [0.3, 0.4) is 0 Å². The van der Waals surface area contributed by atoms with Crippen LogP contribution >= 0.6 is 12.2 Å². The summed E-state index contributed by atoms with van der Waals surface area (Å²) >= 11 is 5.58. The van der Waals surface area contributed by atoms with Gasteiger partial charge in [0, 0.05) is 23.7 Å². The molecule has 5 heteroatoms. The highest BCUT2D eigenvalue weighted by Gasteiger charge is 2.15. The van der Waals surface area contributed by atoms with Crippen molar-refractivity contribution in [2.45, 2.75) is 33.2 Å². The van der Waals surface area contributed by atoms with Crippen LogP contribution in [0.1, 0.15) is 25.3 Å². The zero-order valence-corrected chi connectivity index (χ0v) is 15.9. The van der Waals surface area contributed by atoms with Gasteiger partial charge in [-0.25, -0.2) is 0 Å². The van der Waals surface area contributed by atoms with Gasteiger partial charge in [-0.2, -0.15) is 5.10 Å². The largest absolute Gasteiger partial charge is 0.347 e. The molecular formula is C21H22N4S. The van der Waals surface area contributed by atoms with Crippen LogP contribution in [0.25, 0.3) is 28.0 Å². The van der Waals surface area contributed by atoms with Crippen molar-refractivity contribution in [1.82, 2.24) is 19.3 Å². The standard InChI is InChI=1S/C21H22N4S/c1-3-4-13-24-14-12-17-18(24)10-7-11-19(17)25-20(22-23-21(25)26)16-9-6-5-8-15(16)2/h5-12,14H,3-4,13H2,1-2H3,(H,23,26). The Hall–Kier alpha value is -2.66. The van der Waals surface area contributed by atoms with Gasteiger partial charge in [-0.3, -0.25) is 9.67 Å². The predicted molar refractivity (Wildman–Crippen MR) is 109 cm³/mol. The average molecular weight is 363 g/mol. The highest BCUT2D eigenvalue weighted by Crippen LogP contribution is 2.29. The van der Waals surface area contributed by atoms with Crippen LogP contribution in [-0.4, -0.2) is 19.3 Å². The number of fused-ring (bicyclic) bond motifs is 1. The lowest BCUT2D eigenvalue weighted by Gasteiger charge is -2.11. The zero-order chi connectivity index (χ0) is 18.1. The number of aromatic amines is 1. The summed E-state index contributed by atoms with van der Waals surface area (Å²) in [5.41, 5.74) is 4.56. The molecule has 0 unspecified atom stereocenters. The second-order valence-corrected chi connectivity index (χ2v) is 6.96. The Labute approximate surface area is 158 Å². The SMILES string of the molecule is CCCCn1ccc2c(-n3c(-c4ccccc4C)n[nH]c3=S)cccc21. The van der Waals surface area contributed by atoms with E-state index in [9.17, 15) is 0 Å². The van der Waals surface area contributed by atoms with Crippen LogP contribution in [0, 0.1) is 11.7 Å². The van der Waals surface area contributed by atoms with Crippen molar-refractivity contribution in [3.63, 3.8) is 0 Å². The second-order valence-electron chi connectivity index (χ2n) is 6.58. The molecule has 2 heterocycles. The lowest BCUT2D eigenvalue weighted by atomic mass is 10.1. The first kappa shape index (κ1) is 16.8. The quantitative estimate of drug-likeness (QED) is 0.465. The third-order valence-electron chi connectivity index (χ3n) is 4.84. The minimum atomic E-state index is 0.608. The summed E-state index contributed by atoms with van der Waals surface area (Å²) < 4.78 is 4.97. The van der Waals surface area contributed by atoms with E-state index in [1.165, 1.54) is 29.3 Å². The van der Waals surface area contributed by atoms with E-state index in [4.69, 9.17) is 12.2 Å². The number of nitrogens with zero attached hydrogens (tertiary/aromatic N) is 3. The van der Waals surface area contributed by atoms with Crippen LogP contribution in [0.2, 0.25) is 0 Å². The number of hydrogen-bond donors (Lipinski definition) is 1. The molecule has 0 fully saturated rings. The first-order valence-corrected chi connectivity index (χ1v) is 9.43. The highest BCUT2D eigenvalue weighted by atomic mass is 32.1. The lowest BCUT2D eigenvalue weighted by molar-refractivity contribution is 0.650. The fourth-order valence-electron chi connectivity index (χ4n) is 3.45. The topological polar surface area (TPSA) is 38.5 Å². The summed E-state index contributed by atoms with van der Waals surface area (Å²) in [5.74, 6) is 0.849. The van der Waals surface area contributed by atoms with E-state index in [1.54, 1.807) is 0 Å². The molecule has 0 bridgehead atoms. The molecule has 0 aliphatic rings. The minimum Gasteiger partial charge on any atom is -0.347 e. The number of aromatic nitrogens is 4. The van der Waals surface area contributed by atoms with E-state index in [1.807, 2.05) is 16.7 Å². The summed E-state index contributed by atoms with van der Waals surface area (Å²) in [6.07, 6.45) is 4.53. The van der Waals surface area contributed by atoms with Crippen LogP contribution in [-0.2, 0) is 6.54 Å². The number of unbranched alkanes of at least 4 members (excludes halogenated alkanes) is 1. The molecule has 1 N–H and O–H groups in total. The molecule has 26 heavy (non-hydrogen) atoms. The summed E-state index contributed by atoms with van der Waals surface area (Å²) in [5, 5.41) is 8.69. The summed E-state index contributed by atoms with van der Waals surface area (Å²) in [6.45, 7) is 5.35. The van der Waals surface area contributed by atoms with Crippen LogP contribution in [0.15, 0.2) is 54.7 Å². The number of rotatable bonds is 5. The Kier molecular flexibility index (Phi) is 4.47. The number of benzene rings is 2. The number of nitrogens with one attached hydrogen (secondary N) is 1. The summed E-state index contributed by atoms with van der Waals surface area (Å²) in [4.78, 5) is 0. The molecule has 0 spiro atoms. The second kappa shape index (κ2) is 6.92. The molecule has 0 saturated carbocycles. The van der Waals surface area contributed by atoms with Crippen molar-refractivity contribution in [3.05, 3.63) is 65.1 Å². The monoisotopic (exact) mass is 362 g/mol. The number of aryl methyl sites for hydroxylation is 2. The minimum absolute atomic E-state index is 0.608. The molecule has 132 valence electrons. The molecule has 4 aromatic rings. The zero-order valence-electron chi connectivity index (χ0n) is 15.1. The Morgan fingerprint density at radius 1 is 1.08 bits per heavy atom. The molecule has 0 amide bonds. The smallest absolute Gasteiger partial charge is 0.200 e. The van der Waals surface area contributed by atoms with Crippen LogP contribution in [0.5, 0.6) is 0 Å².